The third-order valence-corrected chi connectivity index (χ3v) is 4.88. The molecule has 2 aliphatic heterocycles. The highest BCUT2D eigenvalue weighted by Crippen LogP contribution is 2.27. The van der Waals surface area contributed by atoms with Crippen molar-refractivity contribution in [1.29, 1.82) is 0 Å². The van der Waals surface area contributed by atoms with E-state index in [9.17, 15) is 4.79 Å². The van der Waals surface area contributed by atoms with Gasteiger partial charge in [-0.15, -0.1) is 0 Å². The fourth-order valence-electron chi connectivity index (χ4n) is 3.42. The molecule has 0 aromatic heterocycles. The highest BCUT2D eigenvalue weighted by molar-refractivity contribution is 6.30. The van der Waals surface area contributed by atoms with Crippen molar-refractivity contribution in [2.45, 2.75) is 32.1 Å². The second-order valence-electron chi connectivity index (χ2n) is 6.17. The molecule has 3 rings (SSSR count). The van der Waals surface area contributed by atoms with E-state index in [4.69, 9.17) is 11.6 Å². The van der Waals surface area contributed by atoms with Crippen molar-refractivity contribution in [3.8, 4) is 0 Å². The molecule has 1 amide bonds. The zero-order chi connectivity index (χ0) is 14.7. The summed E-state index contributed by atoms with van der Waals surface area (Å²) in [4.78, 5) is 17.0. The van der Waals surface area contributed by atoms with E-state index in [-0.39, 0.29) is 11.8 Å². The summed E-state index contributed by atoms with van der Waals surface area (Å²) in [6.45, 7) is 4.08. The Kier molecular flexibility index (Phi) is 4.81. The van der Waals surface area contributed by atoms with Crippen LogP contribution >= 0.6 is 11.6 Å². The van der Waals surface area contributed by atoms with Crippen LogP contribution in [-0.4, -0.2) is 37.0 Å². The molecule has 2 fully saturated rings. The maximum Gasteiger partial charge on any atom is 0.231 e. The third-order valence-electron chi connectivity index (χ3n) is 4.63. The molecule has 21 heavy (non-hydrogen) atoms. The van der Waals surface area contributed by atoms with E-state index in [1.807, 2.05) is 29.2 Å². The van der Waals surface area contributed by atoms with Gasteiger partial charge in [0.2, 0.25) is 5.91 Å². The van der Waals surface area contributed by atoms with Crippen molar-refractivity contribution in [1.82, 2.24) is 4.90 Å². The number of likely N-dealkylation sites (tertiary alicyclic amines) is 1. The second-order valence-corrected chi connectivity index (χ2v) is 6.60. The molecule has 2 saturated heterocycles. The molecule has 2 heterocycles. The minimum absolute atomic E-state index is 0.166. The van der Waals surface area contributed by atoms with Crippen LogP contribution in [0.2, 0.25) is 5.02 Å². The van der Waals surface area contributed by atoms with Gasteiger partial charge in [-0.2, -0.15) is 0 Å². The second kappa shape index (κ2) is 6.80. The number of hydrogen-bond acceptors (Lipinski definition) is 2. The quantitative estimate of drug-likeness (QED) is 0.852. The van der Waals surface area contributed by atoms with Crippen LogP contribution < -0.4 is 4.90 Å². The average Bonchev–Trinajstić information content (AvgIpc) is 2.70. The number of halogens is 1. The predicted octanol–water partition coefficient (Wildman–Crippen LogP) is 3.57. The smallest absolute Gasteiger partial charge is 0.231 e. The highest BCUT2D eigenvalue weighted by Gasteiger charge is 2.33. The summed E-state index contributed by atoms with van der Waals surface area (Å²) < 4.78 is 0. The number of carbonyl (C=O) groups excluding carboxylic acids is 1. The van der Waals surface area contributed by atoms with Crippen molar-refractivity contribution >= 4 is 23.2 Å². The van der Waals surface area contributed by atoms with Crippen LogP contribution in [-0.2, 0) is 4.79 Å². The van der Waals surface area contributed by atoms with Gasteiger partial charge in [0.1, 0.15) is 0 Å². The Hall–Kier alpha value is -1.06. The Morgan fingerprint density at radius 2 is 1.67 bits per heavy atom. The van der Waals surface area contributed by atoms with Gasteiger partial charge in [0.25, 0.3) is 0 Å². The number of anilines is 1. The number of hydrogen-bond donors (Lipinski definition) is 0. The minimum Gasteiger partial charge on any atom is -0.312 e. The van der Waals surface area contributed by atoms with Crippen molar-refractivity contribution in [2.75, 3.05) is 31.1 Å². The molecule has 114 valence electrons. The summed E-state index contributed by atoms with van der Waals surface area (Å²) in [6, 6.07) is 7.59. The van der Waals surface area contributed by atoms with Crippen molar-refractivity contribution in [3.05, 3.63) is 29.3 Å². The van der Waals surface area contributed by atoms with Gasteiger partial charge in [0, 0.05) is 23.8 Å². The Balaban J connectivity index is 1.61. The maximum absolute atomic E-state index is 12.6. The number of carbonyl (C=O) groups is 1. The molecule has 3 nitrogen and oxygen atoms in total. The monoisotopic (exact) mass is 306 g/mol. The molecule has 0 aliphatic carbocycles. The molecular formula is C17H23ClN2O. The molecule has 2 aliphatic rings. The van der Waals surface area contributed by atoms with E-state index in [1.165, 1.54) is 25.7 Å². The van der Waals surface area contributed by atoms with Crippen LogP contribution in [0.15, 0.2) is 24.3 Å². The largest absolute Gasteiger partial charge is 0.312 e. The van der Waals surface area contributed by atoms with Gasteiger partial charge in [-0.3, -0.25) is 4.79 Å². The Morgan fingerprint density at radius 1 is 1.00 bits per heavy atom. The van der Waals surface area contributed by atoms with E-state index in [2.05, 4.69) is 4.90 Å². The van der Waals surface area contributed by atoms with Crippen LogP contribution in [0.5, 0.6) is 0 Å². The van der Waals surface area contributed by atoms with Crippen LogP contribution in [0.4, 0.5) is 5.69 Å². The number of benzene rings is 1. The minimum atomic E-state index is 0.166. The molecular weight excluding hydrogens is 284 g/mol. The summed E-state index contributed by atoms with van der Waals surface area (Å²) in [5, 5.41) is 0.714. The van der Waals surface area contributed by atoms with Crippen molar-refractivity contribution in [2.24, 2.45) is 5.92 Å². The summed E-state index contributed by atoms with van der Waals surface area (Å²) in [5.41, 5.74) is 0.975. The standard InChI is InChI=1S/C17H23ClN2O/c18-15-5-7-16(8-6-15)20-12-9-14(17(20)21)13-19-10-3-1-2-4-11-19/h5-8,14H,1-4,9-13H2/t14-/m1/s1. The van der Waals surface area contributed by atoms with Crippen molar-refractivity contribution in [3.63, 3.8) is 0 Å². The van der Waals surface area contributed by atoms with Crippen LogP contribution in [0.25, 0.3) is 0 Å². The van der Waals surface area contributed by atoms with Gasteiger partial charge in [-0.05, 0) is 56.6 Å². The normalized spacial score (nSPS) is 24.3. The molecule has 0 N–H and O–H groups in total. The molecule has 0 radical (unpaired) electrons. The Labute approximate surface area is 131 Å². The Bertz CT molecular complexity index is 480. The zero-order valence-electron chi connectivity index (χ0n) is 12.4. The van der Waals surface area contributed by atoms with Gasteiger partial charge < -0.3 is 9.80 Å². The summed E-state index contributed by atoms with van der Waals surface area (Å²) in [7, 11) is 0. The van der Waals surface area contributed by atoms with E-state index >= 15 is 0 Å². The van der Waals surface area contributed by atoms with E-state index in [0.29, 0.717) is 5.02 Å². The van der Waals surface area contributed by atoms with Crippen molar-refractivity contribution < 1.29 is 4.79 Å². The zero-order valence-corrected chi connectivity index (χ0v) is 13.2. The van der Waals surface area contributed by atoms with E-state index in [1.54, 1.807) is 0 Å². The van der Waals surface area contributed by atoms with Crippen LogP contribution in [0.1, 0.15) is 32.1 Å². The van der Waals surface area contributed by atoms with Gasteiger partial charge >= 0.3 is 0 Å². The predicted molar refractivity (Wildman–Crippen MR) is 86.8 cm³/mol. The van der Waals surface area contributed by atoms with Gasteiger partial charge in [-0.1, -0.05) is 24.4 Å². The van der Waals surface area contributed by atoms with Crippen LogP contribution in [0.3, 0.4) is 0 Å². The lowest BCUT2D eigenvalue weighted by Crippen LogP contribution is -2.35. The fourth-order valence-corrected chi connectivity index (χ4v) is 3.54. The SMILES string of the molecule is O=C1[C@@H](CN2CCCCCC2)CCN1c1ccc(Cl)cc1. The number of nitrogens with zero attached hydrogens (tertiary/aromatic N) is 2. The first kappa shape index (κ1) is 14.9. The first-order chi connectivity index (χ1) is 10.2. The molecule has 0 bridgehead atoms. The summed E-state index contributed by atoms with van der Waals surface area (Å²) in [6.07, 6.45) is 6.21. The molecule has 0 spiro atoms. The lowest BCUT2D eigenvalue weighted by atomic mass is 10.1. The third kappa shape index (κ3) is 3.58. The molecule has 0 unspecified atom stereocenters. The topological polar surface area (TPSA) is 23.6 Å². The average molecular weight is 307 g/mol. The van der Waals surface area contributed by atoms with Gasteiger partial charge in [0.05, 0.1) is 5.92 Å². The van der Waals surface area contributed by atoms with E-state index in [0.717, 1.165) is 38.3 Å². The molecule has 1 aromatic carbocycles. The maximum atomic E-state index is 12.6. The lowest BCUT2D eigenvalue weighted by molar-refractivity contribution is -0.120. The lowest BCUT2D eigenvalue weighted by Gasteiger charge is -2.23. The molecule has 1 atom stereocenters. The fraction of sp³-hybridized carbons (Fsp3) is 0.588. The molecule has 0 saturated carbocycles. The van der Waals surface area contributed by atoms with Gasteiger partial charge in [-0.25, -0.2) is 0 Å². The number of amides is 1. The molecule has 4 heteroatoms. The van der Waals surface area contributed by atoms with Gasteiger partial charge in [0.15, 0.2) is 0 Å². The number of rotatable bonds is 3. The Morgan fingerprint density at radius 3 is 2.33 bits per heavy atom. The first-order valence-corrected chi connectivity index (χ1v) is 8.41. The highest BCUT2D eigenvalue weighted by atomic mass is 35.5. The summed E-state index contributed by atoms with van der Waals surface area (Å²) >= 11 is 5.92. The molecule has 1 aromatic rings. The summed E-state index contributed by atoms with van der Waals surface area (Å²) in [5.74, 6) is 0.445. The van der Waals surface area contributed by atoms with Crippen LogP contribution in [0, 0.1) is 5.92 Å². The van der Waals surface area contributed by atoms with E-state index < -0.39 is 0 Å². The first-order valence-electron chi connectivity index (χ1n) is 8.03.